The van der Waals surface area contributed by atoms with Crippen LogP contribution < -0.4 is 10.1 Å². The number of rotatable bonds is 8. The van der Waals surface area contributed by atoms with Gasteiger partial charge in [-0.2, -0.15) is 0 Å². The second kappa shape index (κ2) is 8.05. The van der Waals surface area contributed by atoms with Gasteiger partial charge in [-0.1, -0.05) is 18.3 Å². The molecular weight excluding hydrogens is 289 g/mol. The Morgan fingerprint density at radius 1 is 1.29 bits per heavy atom. The largest absolute Gasteiger partial charge is 0.494 e. The number of nitrogens with zero attached hydrogens (tertiary/aromatic N) is 2. The number of ether oxygens (including phenoxy) is 1. The van der Waals surface area contributed by atoms with E-state index in [0.717, 1.165) is 47.9 Å². The first-order valence-electron chi connectivity index (χ1n) is 7.11. The van der Waals surface area contributed by atoms with Crippen LogP contribution in [-0.2, 0) is 6.42 Å². The van der Waals surface area contributed by atoms with Gasteiger partial charge in [0.2, 0.25) is 0 Å². The summed E-state index contributed by atoms with van der Waals surface area (Å²) in [5.41, 5.74) is 0.737. The van der Waals surface area contributed by atoms with E-state index in [4.69, 9.17) is 4.74 Å². The number of aryl methyl sites for hydroxylation is 1. The van der Waals surface area contributed by atoms with Crippen LogP contribution in [0.2, 0.25) is 0 Å². The second-order valence-electron chi connectivity index (χ2n) is 4.70. The van der Waals surface area contributed by atoms with Crippen LogP contribution in [0.15, 0.2) is 18.2 Å². The summed E-state index contributed by atoms with van der Waals surface area (Å²) >= 11 is 1.51. The summed E-state index contributed by atoms with van der Waals surface area (Å²) in [6.07, 6.45) is 3.07. The first-order chi connectivity index (χ1) is 10.2. The van der Waals surface area contributed by atoms with Crippen LogP contribution in [0.4, 0.5) is 4.39 Å². The summed E-state index contributed by atoms with van der Waals surface area (Å²) in [4.78, 5) is 0. The summed E-state index contributed by atoms with van der Waals surface area (Å²) in [7, 11) is 1.45. The monoisotopic (exact) mass is 309 g/mol. The molecule has 114 valence electrons. The van der Waals surface area contributed by atoms with Crippen LogP contribution >= 0.6 is 11.3 Å². The highest BCUT2D eigenvalue weighted by Crippen LogP contribution is 2.28. The van der Waals surface area contributed by atoms with E-state index in [1.807, 2.05) is 0 Å². The summed E-state index contributed by atoms with van der Waals surface area (Å²) in [6, 6.07) is 4.85. The van der Waals surface area contributed by atoms with E-state index in [-0.39, 0.29) is 11.6 Å². The van der Waals surface area contributed by atoms with Gasteiger partial charge in [-0.05, 0) is 44.1 Å². The van der Waals surface area contributed by atoms with Gasteiger partial charge in [0.1, 0.15) is 10.0 Å². The Kier molecular flexibility index (Phi) is 6.07. The lowest BCUT2D eigenvalue weighted by atomic mass is 10.2. The van der Waals surface area contributed by atoms with Crippen molar-refractivity contribution < 1.29 is 9.13 Å². The summed E-state index contributed by atoms with van der Waals surface area (Å²) in [5, 5.41) is 13.4. The molecule has 1 aromatic heterocycles. The van der Waals surface area contributed by atoms with Crippen LogP contribution in [-0.4, -0.2) is 30.4 Å². The van der Waals surface area contributed by atoms with Gasteiger partial charge in [0.15, 0.2) is 11.6 Å². The van der Waals surface area contributed by atoms with Gasteiger partial charge in [0, 0.05) is 12.0 Å². The number of halogens is 1. The molecule has 0 spiro atoms. The molecule has 21 heavy (non-hydrogen) atoms. The topological polar surface area (TPSA) is 47.0 Å². The molecule has 0 bridgehead atoms. The molecule has 0 fully saturated rings. The lowest BCUT2D eigenvalue weighted by Gasteiger charge is -2.02. The molecule has 0 aliphatic heterocycles. The van der Waals surface area contributed by atoms with Crippen molar-refractivity contribution in [2.45, 2.75) is 26.2 Å². The number of benzene rings is 1. The Bertz CT molecular complexity index is 574. The second-order valence-corrected chi connectivity index (χ2v) is 5.77. The predicted octanol–water partition coefficient (Wildman–Crippen LogP) is 3.29. The Morgan fingerprint density at radius 2 is 2.14 bits per heavy atom. The summed E-state index contributed by atoms with van der Waals surface area (Å²) < 4.78 is 18.6. The zero-order valence-electron chi connectivity index (χ0n) is 12.4. The van der Waals surface area contributed by atoms with Gasteiger partial charge >= 0.3 is 0 Å². The Labute approximate surface area is 128 Å². The Hall–Kier alpha value is -1.53. The van der Waals surface area contributed by atoms with Gasteiger partial charge < -0.3 is 10.1 Å². The van der Waals surface area contributed by atoms with E-state index in [2.05, 4.69) is 22.4 Å². The molecule has 0 saturated carbocycles. The number of hydrogen-bond acceptors (Lipinski definition) is 5. The third kappa shape index (κ3) is 4.47. The van der Waals surface area contributed by atoms with Crippen molar-refractivity contribution >= 4 is 11.3 Å². The minimum atomic E-state index is -0.379. The number of aromatic nitrogens is 2. The molecule has 0 aliphatic carbocycles. The zero-order chi connectivity index (χ0) is 15.1. The first-order valence-corrected chi connectivity index (χ1v) is 7.93. The van der Waals surface area contributed by atoms with Crippen LogP contribution in [0.5, 0.6) is 5.75 Å². The fourth-order valence-corrected chi connectivity index (χ4v) is 2.81. The van der Waals surface area contributed by atoms with Crippen molar-refractivity contribution in [3.05, 3.63) is 29.0 Å². The van der Waals surface area contributed by atoms with E-state index in [0.29, 0.717) is 0 Å². The number of methoxy groups -OCH3 is 1. The molecule has 0 atom stereocenters. The van der Waals surface area contributed by atoms with Gasteiger partial charge in [-0.15, -0.1) is 10.2 Å². The quantitative estimate of drug-likeness (QED) is 0.760. The normalized spacial score (nSPS) is 10.8. The van der Waals surface area contributed by atoms with E-state index in [9.17, 15) is 4.39 Å². The maximum Gasteiger partial charge on any atom is 0.165 e. The summed E-state index contributed by atoms with van der Waals surface area (Å²) in [6.45, 7) is 4.18. The SMILES string of the molecule is CCCNCCCc1nnc(-c2ccc(OC)c(F)c2)s1. The average molecular weight is 309 g/mol. The van der Waals surface area contributed by atoms with Crippen LogP contribution in [0.3, 0.4) is 0 Å². The van der Waals surface area contributed by atoms with Crippen molar-refractivity contribution in [2.75, 3.05) is 20.2 Å². The molecule has 0 radical (unpaired) electrons. The minimum Gasteiger partial charge on any atom is -0.494 e. The predicted molar refractivity (Wildman–Crippen MR) is 83.3 cm³/mol. The fourth-order valence-electron chi connectivity index (χ4n) is 1.94. The molecule has 0 unspecified atom stereocenters. The third-order valence-corrected chi connectivity index (χ3v) is 4.07. The number of hydrogen-bond donors (Lipinski definition) is 1. The highest BCUT2D eigenvalue weighted by Gasteiger charge is 2.10. The maximum atomic E-state index is 13.7. The molecule has 6 heteroatoms. The average Bonchev–Trinajstić information content (AvgIpc) is 2.96. The molecule has 1 heterocycles. The smallest absolute Gasteiger partial charge is 0.165 e. The lowest BCUT2D eigenvalue weighted by molar-refractivity contribution is 0.386. The summed E-state index contributed by atoms with van der Waals surface area (Å²) in [5.74, 6) is -0.138. The zero-order valence-corrected chi connectivity index (χ0v) is 13.2. The molecule has 0 amide bonds. The maximum absolute atomic E-state index is 13.7. The van der Waals surface area contributed by atoms with E-state index >= 15 is 0 Å². The fraction of sp³-hybridized carbons (Fsp3) is 0.467. The van der Waals surface area contributed by atoms with Crippen molar-refractivity contribution in [1.82, 2.24) is 15.5 Å². The molecule has 2 rings (SSSR count). The standard InChI is InChI=1S/C15H20FN3OS/c1-3-8-17-9-4-5-14-18-19-15(21-14)11-6-7-13(20-2)12(16)10-11/h6-7,10,17H,3-5,8-9H2,1-2H3. The van der Waals surface area contributed by atoms with Crippen LogP contribution in [0.25, 0.3) is 10.6 Å². The van der Waals surface area contributed by atoms with Gasteiger partial charge in [-0.25, -0.2) is 4.39 Å². The third-order valence-electron chi connectivity index (χ3n) is 3.04. The van der Waals surface area contributed by atoms with Gasteiger partial charge in [0.25, 0.3) is 0 Å². The van der Waals surface area contributed by atoms with Crippen molar-refractivity contribution in [2.24, 2.45) is 0 Å². The highest BCUT2D eigenvalue weighted by atomic mass is 32.1. The Morgan fingerprint density at radius 3 is 2.86 bits per heavy atom. The van der Waals surface area contributed by atoms with Crippen molar-refractivity contribution in [1.29, 1.82) is 0 Å². The molecule has 4 nitrogen and oxygen atoms in total. The van der Waals surface area contributed by atoms with E-state index in [1.54, 1.807) is 12.1 Å². The van der Waals surface area contributed by atoms with Crippen LogP contribution in [0, 0.1) is 5.82 Å². The van der Waals surface area contributed by atoms with Crippen LogP contribution in [0.1, 0.15) is 24.8 Å². The molecule has 2 aromatic rings. The molecular formula is C15H20FN3OS. The van der Waals surface area contributed by atoms with Crippen molar-refractivity contribution in [3.8, 4) is 16.3 Å². The van der Waals surface area contributed by atoms with Crippen molar-refractivity contribution in [3.63, 3.8) is 0 Å². The highest BCUT2D eigenvalue weighted by molar-refractivity contribution is 7.14. The number of nitrogens with one attached hydrogen (secondary N) is 1. The van der Waals surface area contributed by atoms with Gasteiger partial charge in [-0.3, -0.25) is 0 Å². The first kappa shape index (κ1) is 15.9. The molecule has 0 saturated heterocycles. The van der Waals surface area contributed by atoms with E-state index < -0.39 is 0 Å². The molecule has 0 aliphatic rings. The van der Waals surface area contributed by atoms with Gasteiger partial charge in [0.05, 0.1) is 7.11 Å². The molecule has 1 aromatic carbocycles. The Balaban J connectivity index is 1.94. The van der Waals surface area contributed by atoms with E-state index in [1.165, 1.54) is 24.5 Å². The lowest BCUT2D eigenvalue weighted by Crippen LogP contribution is -2.16. The minimum absolute atomic E-state index is 0.241. The molecule has 1 N–H and O–H groups in total.